The van der Waals surface area contributed by atoms with Gasteiger partial charge >= 0.3 is 5.97 Å². The number of aromatic carboxylic acids is 1. The number of aromatic nitrogens is 2. The van der Waals surface area contributed by atoms with Crippen molar-refractivity contribution in [2.24, 2.45) is 0 Å². The maximum Gasteiger partial charge on any atom is 0.339 e. The highest BCUT2D eigenvalue weighted by atomic mass is 16.4. The SMILES string of the molecule is Cc1oc(CN(C)C(=O)c2n[nH]c3ccccc23)cc1C(=O)O. The Morgan fingerprint density at radius 3 is 2.78 bits per heavy atom. The van der Waals surface area contributed by atoms with E-state index in [1.807, 2.05) is 24.3 Å². The molecule has 7 nitrogen and oxygen atoms in total. The molecule has 0 atom stereocenters. The van der Waals surface area contributed by atoms with Crippen LogP contribution in [0, 0.1) is 6.92 Å². The molecule has 0 aliphatic rings. The topological polar surface area (TPSA) is 99.4 Å². The summed E-state index contributed by atoms with van der Waals surface area (Å²) in [5, 5.41) is 16.7. The van der Waals surface area contributed by atoms with Crippen LogP contribution in [0.1, 0.15) is 32.4 Å². The molecule has 0 saturated carbocycles. The number of aryl methyl sites for hydroxylation is 1. The summed E-state index contributed by atoms with van der Waals surface area (Å²) in [6.45, 7) is 1.74. The Hall–Kier alpha value is -3.09. The van der Waals surface area contributed by atoms with Gasteiger partial charge in [-0.15, -0.1) is 0 Å². The van der Waals surface area contributed by atoms with E-state index in [4.69, 9.17) is 9.52 Å². The summed E-state index contributed by atoms with van der Waals surface area (Å²) in [5.41, 5.74) is 1.21. The van der Waals surface area contributed by atoms with Crippen LogP contribution in [-0.4, -0.2) is 39.1 Å². The average Bonchev–Trinajstić information content (AvgIpc) is 3.10. The Balaban J connectivity index is 1.83. The second-order valence-corrected chi connectivity index (χ2v) is 5.27. The van der Waals surface area contributed by atoms with Crippen molar-refractivity contribution in [1.29, 1.82) is 0 Å². The number of para-hydroxylation sites is 1. The number of amides is 1. The molecule has 23 heavy (non-hydrogen) atoms. The highest BCUT2D eigenvalue weighted by Gasteiger charge is 2.20. The number of carbonyl (C=O) groups is 2. The van der Waals surface area contributed by atoms with Crippen molar-refractivity contribution in [1.82, 2.24) is 15.1 Å². The van der Waals surface area contributed by atoms with Crippen molar-refractivity contribution in [2.45, 2.75) is 13.5 Å². The molecule has 0 spiro atoms. The van der Waals surface area contributed by atoms with Crippen LogP contribution in [0.3, 0.4) is 0 Å². The number of aromatic amines is 1. The number of nitrogens with zero attached hydrogens (tertiary/aromatic N) is 2. The van der Waals surface area contributed by atoms with Gasteiger partial charge in [-0.3, -0.25) is 9.89 Å². The molecule has 1 amide bonds. The number of furan rings is 1. The van der Waals surface area contributed by atoms with Gasteiger partial charge in [0.25, 0.3) is 5.91 Å². The molecule has 2 N–H and O–H groups in total. The Bertz CT molecular complexity index is 894. The normalized spacial score (nSPS) is 10.9. The van der Waals surface area contributed by atoms with Gasteiger partial charge < -0.3 is 14.4 Å². The molecule has 0 bridgehead atoms. The van der Waals surface area contributed by atoms with Crippen LogP contribution in [0.2, 0.25) is 0 Å². The van der Waals surface area contributed by atoms with Crippen LogP contribution in [0.25, 0.3) is 10.9 Å². The van der Waals surface area contributed by atoms with Gasteiger partial charge in [0.1, 0.15) is 17.1 Å². The van der Waals surface area contributed by atoms with Gasteiger partial charge in [-0.05, 0) is 19.1 Å². The second-order valence-electron chi connectivity index (χ2n) is 5.27. The molecule has 3 aromatic rings. The summed E-state index contributed by atoms with van der Waals surface area (Å²) in [6.07, 6.45) is 0. The molecule has 3 rings (SSSR count). The average molecular weight is 313 g/mol. The van der Waals surface area contributed by atoms with Crippen molar-refractivity contribution < 1.29 is 19.1 Å². The van der Waals surface area contributed by atoms with Gasteiger partial charge in [-0.2, -0.15) is 5.10 Å². The number of benzene rings is 1. The molecule has 0 unspecified atom stereocenters. The van der Waals surface area contributed by atoms with E-state index in [2.05, 4.69) is 10.2 Å². The zero-order valence-electron chi connectivity index (χ0n) is 12.7. The van der Waals surface area contributed by atoms with E-state index in [9.17, 15) is 9.59 Å². The van der Waals surface area contributed by atoms with E-state index in [1.54, 1.807) is 14.0 Å². The summed E-state index contributed by atoms with van der Waals surface area (Å²) in [6, 6.07) is 8.79. The first-order valence-electron chi connectivity index (χ1n) is 6.98. The fourth-order valence-corrected chi connectivity index (χ4v) is 2.45. The van der Waals surface area contributed by atoms with Crippen molar-refractivity contribution in [3.8, 4) is 0 Å². The molecule has 0 saturated heterocycles. The number of carbonyl (C=O) groups excluding carboxylic acids is 1. The van der Waals surface area contributed by atoms with Crippen LogP contribution in [0.4, 0.5) is 0 Å². The third-order valence-corrected chi connectivity index (χ3v) is 3.61. The monoisotopic (exact) mass is 313 g/mol. The van der Waals surface area contributed by atoms with E-state index in [0.29, 0.717) is 17.2 Å². The predicted octanol–water partition coefficient (Wildman–Crippen LogP) is 2.43. The second kappa shape index (κ2) is 5.60. The van der Waals surface area contributed by atoms with Crippen LogP contribution < -0.4 is 0 Å². The Morgan fingerprint density at radius 1 is 1.35 bits per heavy atom. The van der Waals surface area contributed by atoms with Crippen LogP contribution in [0.5, 0.6) is 0 Å². The Morgan fingerprint density at radius 2 is 2.09 bits per heavy atom. The minimum absolute atomic E-state index is 0.103. The first-order chi connectivity index (χ1) is 11.0. The van der Waals surface area contributed by atoms with Crippen molar-refractivity contribution >= 4 is 22.8 Å². The van der Waals surface area contributed by atoms with Gasteiger partial charge in [-0.25, -0.2) is 4.79 Å². The fraction of sp³-hybridized carbons (Fsp3) is 0.188. The molecular weight excluding hydrogens is 298 g/mol. The molecule has 0 aliphatic heterocycles. The molecule has 1 aromatic carbocycles. The number of hydrogen-bond acceptors (Lipinski definition) is 4. The molecule has 0 radical (unpaired) electrons. The Kier molecular flexibility index (Phi) is 3.61. The number of nitrogens with one attached hydrogen (secondary N) is 1. The highest BCUT2D eigenvalue weighted by Crippen LogP contribution is 2.19. The summed E-state index contributed by atoms with van der Waals surface area (Å²) >= 11 is 0. The van der Waals surface area contributed by atoms with Crippen molar-refractivity contribution in [3.05, 3.63) is 53.1 Å². The van der Waals surface area contributed by atoms with Crippen LogP contribution in [-0.2, 0) is 6.54 Å². The maximum absolute atomic E-state index is 12.5. The molecule has 7 heteroatoms. The maximum atomic E-state index is 12.5. The lowest BCUT2D eigenvalue weighted by Crippen LogP contribution is -2.26. The van der Waals surface area contributed by atoms with E-state index >= 15 is 0 Å². The van der Waals surface area contributed by atoms with E-state index in [-0.39, 0.29) is 18.0 Å². The van der Waals surface area contributed by atoms with Gasteiger partial charge in [0.15, 0.2) is 5.69 Å². The van der Waals surface area contributed by atoms with Gasteiger partial charge in [-0.1, -0.05) is 18.2 Å². The smallest absolute Gasteiger partial charge is 0.339 e. The first-order valence-corrected chi connectivity index (χ1v) is 6.98. The number of hydrogen-bond donors (Lipinski definition) is 2. The van der Waals surface area contributed by atoms with Gasteiger partial charge in [0, 0.05) is 12.4 Å². The highest BCUT2D eigenvalue weighted by molar-refractivity contribution is 6.04. The summed E-state index contributed by atoms with van der Waals surface area (Å²) < 4.78 is 5.40. The number of H-pyrrole nitrogens is 1. The third kappa shape index (κ3) is 2.68. The molecule has 2 heterocycles. The Labute approximate surface area is 131 Å². The van der Waals surface area contributed by atoms with E-state index in [1.165, 1.54) is 11.0 Å². The number of rotatable bonds is 4. The summed E-state index contributed by atoms with van der Waals surface area (Å²) in [4.78, 5) is 25.0. The molecular formula is C16H15N3O4. The first kappa shape index (κ1) is 14.8. The zero-order valence-corrected chi connectivity index (χ0v) is 12.7. The van der Waals surface area contributed by atoms with Crippen LogP contribution >= 0.6 is 0 Å². The number of carboxylic acid groups (broad SMARTS) is 1. The van der Waals surface area contributed by atoms with E-state index in [0.717, 1.165) is 10.9 Å². The predicted molar refractivity (Wildman–Crippen MR) is 82.3 cm³/mol. The van der Waals surface area contributed by atoms with Crippen molar-refractivity contribution in [2.75, 3.05) is 7.05 Å². The van der Waals surface area contributed by atoms with E-state index < -0.39 is 5.97 Å². The van der Waals surface area contributed by atoms with Crippen molar-refractivity contribution in [3.63, 3.8) is 0 Å². The lowest BCUT2D eigenvalue weighted by atomic mass is 10.2. The minimum Gasteiger partial charge on any atom is -0.478 e. The lowest BCUT2D eigenvalue weighted by molar-refractivity contribution is 0.0694. The molecule has 0 aliphatic carbocycles. The number of fused-ring (bicyclic) bond motifs is 1. The van der Waals surface area contributed by atoms with Crippen LogP contribution in [0.15, 0.2) is 34.7 Å². The molecule has 118 valence electrons. The lowest BCUT2D eigenvalue weighted by Gasteiger charge is -2.14. The fourth-order valence-electron chi connectivity index (χ4n) is 2.45. The zero-order chi connectivity index (χ0) is 16.6. The molecule has 2 aromatic heterocycles. The molecule has 0 fully saturated rings. The van der Waals surface area contributed by atoms with Gasteiger partial charge in [0.05, 0.1) is 12.1 Å². The summed E-state index contributed by atoms with van der Waals surface area (Å²) in [5.74, 6) is -0.590. The largest absolute Gasteiger partial charge is 0.478 e. The summed E-state index contributed by atoms with van der Waals surface area (Å²) in [7, 11) is 1.62. The number of carboxylic acids is 1. The van der Waals surface area contributed by atoms with Gasteiger partial charge in [0.2, 0.25) is 0 Å². The quantitative estimate of drug-likeness (QED) is 0.770. The minimum atomic E-state index is -1.05. The standard InChI is InChI=1S/C16H15N3O4/c1-9-12(16(21)22)7-10(23-9)8-19(2)15(20)14-11-5-3-4-6-13(11)17-18-14/h3-7H,8H2,1-2H3,(H,17,18)(H,21,22). The third-order valence-electron chi connectivity index (χ3n) is 3.61.